The Kier molecular flexibility index (Phi) is 7.27. The predicted molar refractivity (Wildman–Crippen MR) is 118 cm³/mol. The second-order valence-electron chi connectivity index (χ2n) is 8.69. The summed E-state index contributed by atoms with van der Waals surface area (Å²) in [5.41, 5.74) is 2.59. The van der Waals surface area contributed by atoms with Crippen LogP contribution in [0.1, 0.15) is 31.4 Å². The lowest BCUT2D eigenvalue weighted by Gasteiger charge is -2.45. The average Bonchev–Trinajstić information content (AvgIpc) is 2.75. The number of likely N-dealkylation sites (tertiary alicyclic amines) is 1. The van der Waals surface area contributed by atoms with Crippen LogP contribution >= 0.6 is 0 Å². The molecule has 1 saturated heterocycles. The zero-order valence-corrected chi connectivity index (χ0v) is 17.9. The van der Waals surface area contributed by atoms with E-state index in [1.807, 2.05) is 30.3 Å². The second kappa shape index (κ2) is 9.90. The van der Waals surface area contributed by atoms with Crippen molar-refractivity contribution in [1.82, 2.24) is 10.2 Å². The van der Waals surface area contributed by atoms with Crippen molar-refractivity contribution in [2.24, 2.45) is 11.8 Å². The molecule has 0 radical (unpaired) electrons. The molecule has 1 aliphatic rings. The topological polar surface area (TPSA) is 69.6 Å². The Bertz CT molecular complexity index is 840. The highest BCUT2D eigenvalue weighted by Crippen LogP contribution is 2.39. The van der Waals surface area contributed by atoms with Crippen LogP contribution in [0.5, 0.6) is 0 Å². The van der Waals surface area contributed by atoms with Gasteiger partial charge in [-0.15, -0.1) is 0 Å². The smallest absolute Gasteiger partial charge is 0.322 e. The van der Waals surface area contributed by atoms with Crippen LogP contribution < -0.4 is 5.32 Å². The number of hydrogen-bond acceptors (Lipinski definition) is 3. The van der Waals surface area contributed by atoms with E-state index in [0.717, 1.165) is 25.1 Å². The highest BCUT2D eigenvalue weighted by atomic mass is 16.4. The Morgan fingerprint density at radius 1 is 1.13 bits per heavy atom. The van der Waals surface area contributed by atoms with Crippen molar-refractivity contribution < 1.29 is 14.7 Å². The highest BCUT2D eigenvalue weighted by Gasteiger charge is 2.38. The molecule has 3 atom stereocenters. The minimum Gasteiger partial charge on any atom is -0.480 e. The quantitative estimate of drug-likeness (QED) is 0.703. The lowest BCUT2D eigenvalue weighted by atomic mass is 9.68. The fourth-order valence-corrected chi connectivity index (χ4v) is 4.49. The molecular formula is C25H32N2O3. The highest BCUT2D eigenvalue weighted by molar-refractivity contribution is 5.83. The van der Waals surface area contributed by atoms with Crippen LogP contribution in [-0.2, 0) is 21.4 Å². The summed E-state index contributed by atoms with van der Waals surface area (Å²) in [7, 11) is 0. The maximum atomic E-state index is 12.8. The fourth-order valence-electron chi connectivity index (χ4n) is 4.49. The van der Waals surface area contributed by atoms with Gasteiger partial charge in [0.25, 0.3) is 0 Å². The van der Waals surface area contributed by atoms with E-state index in [1.54, 1.807) is 0 Å². The van der Waals surface area contributed by atoms with Crippen LogP contribution in [0.3, 0.4) is 0 Å². The molecule has 160 valence electrons. The van der Waals surface area contributed by atoms with Gasteiger partial charge in [0.05, 0.1) is 5.92 Å². The van der Waals surface area contributed by atoms with Gasteiger partial charge in [-0.05, 0) is 41.8 Å². The summed E-state index contributed by atoms with van der Waals surface area (Å²) in [4.78, 5) is 26.0. The van der Waals surface area contributed by atoms with Crippen molar-refractivity contribution in [3.05, 3.63) is 71.8 Å². The monoisotopic (exact) mass is 408 g/mol. The van der Waals surface area contributed by atoms with Crippen molar-refractivity contribution in [3.63, 3.8) is 0 Å². The number of nitrogens with one attached hydrogen (secondary N) is 1. The summed E-state index contributed by atoms with van der Waals surface area (Å²) in [6, 6.07) is 20.6. The van der Waals surface area contributed by atoms with Gasteiger partial charge in [-0.25, -0.2) is 0 Å². The van der Waals surface area contributed by atoms with Crippen molar-refractivity contribution >= 4 is 11.9 Å². The number of carbonyl (C=O) groups excluding carboxylic acids is 1. The molecule has 2 aromatic carbocycles. The van der Waals surface area contributed by atoms with Gasteiger partial charge in [0, 0.05) is 13.1 Å². The molecule has 0 aromatic heterocycles. The molecular weight excluding hydrogens is 376 g/mol. The Morgan fingerprint density at radius 3 is 2.37 bits per heavy atom. The molecule has 0 bridgehead atoms. The molecule has 2 N–H and O–H groups in total. The summed E-state index contributed by atoms with van der Waals surface area (Å²) < 4.78 is 0. The van der Waals surface area contributed by atoms with E-state index in [9.17, 15) is 9.59 Å². The molecule has 1 fully saturated rings. The maximum Gasteiger partial charge on any atom is 0.322 e. The summed E-state index contributed by atoms with van der Waals surface area (Å²) in [6.45, 7) is 6.76. The van der Waals surface area contributed by atoms with Gasteiger partial charge >= 0.3 is 5.97 Å². The number of aliphatic carboxylic acids is 1. The number of benzene rings is 2. The number of amides is 1. The van der Waals surface area contributed by atoms with Crippen molar-refractivity contribution in [3.8, 4) is 0 Å². The molecule has 1 amide bonds. The van der Waals surface area contributed by atoms with Crippen LogP contribution in [0.15, 0.2) is 60.7 Å². The van der Waals surface area contributed by atoms with Crippen LogP contribution in [0.4, 0.5) is 0 Å². The standard InChI is InChI=1S/C25H32N2O3/c1-19-17-27(14-13-25(19,2)22-11-7-4-8-12-22)18-21(24(30)26-16-23(28)29)15-20-9-5-3-6-10-20/h3-12,19,21H,13-18H2,1-2H3,(H,26,30)(H,28,29)/t19-,21-,25?/m0/s1. The van der Waals surface area contributed by atoms with E-state index in [2.05, 4.69) is 54.4 Å². The zero-order valence-electron chi connectivity index (χ0n) is 17.9. The van der Waals surface area contributed by atoms with E-state index in [0.29, 0.717) is 18.9 Å². The van der Waals surface area contributed by atoms with Crippen molar-refractivity contribution in [2.45, 2.75) is 32.1 Å². The lowest BCUT2D eigenvalue weighted by molar-refractivity contribution is -0.138. The molecule has 1 aliphatic heterocycles. The Balaban J connectivity index is 1.68. The summed E-state index contributed by atoms with van der Waals surface area (Å²) in [6.07, 6.45) is 1.64. The minimum atomic E-state index is -1.02. The summed E-state index contributed by atoms with van der Waals surface area (Å²) in [5, 5.41) is 11.5. The third-order valence-electron chi connectivity index (χ3n) is 6.59. The first-order chi connectivity index (χ1) is 14.4. The minimum absolute atomic E-state index is 0.123. The molecule has 5 heteroatoms. The molecule has 3 rings (SSSR count). The Morgan fingerprint density at radius 2 is 1.77 bits per heavy atom. The molecule has 1 heterocycles. The third-order valence-corrected chi connectivity index (χ3v) is 6.59. The Labute approximate surface area is 179 Å². The van der Waals surface area contributed by atoms with Gasteiger partial charge in [-0.1, -0.05) is 74.5 Å². The van der Waals surface area contributed by atoms with Gasteiger partial charge in [-0.3, -0.25) is 9.59 Å². The normalized spacial score (nSPS) is 22.9. The first-order valence-electron chi connectivity index (χ1n) is 10.7. The molecule has 1 unspecified atom stereocenters. The average molecular weight is 409 g/mol. The third kappa shape index (κ3) is 5.48. The molecule has 5 nitrogen and oxygen atoms in total. The summed E-state index contributed by atoms with van der Waals surface area (Å²) in [5.74, 6) is -1.04. The number of carbonyl (C=O) groups is 2. The number of hydrogen-bond donors (Lipinski definition) is 2. The molecule has 2 aromatic rings. The molecule has 0 saturated carbocycles. The zero-order chi connectivity index (χ0) is 21.6. The van der Waals surface area contributed by atoms with Gasteiger partial charge in [0.1, 0.15) is 6.54 Å². The lowest BCUT2D eigenvalue weighted by Crippen LogP contribution is -2.50. The Hall–Kier alpha value is -2.66. The fraction of sp³-hybridized carbons (Fsp3) is 0.440. The van der Waals surface area contributed by atoms with Crippen LogP contribution in [0.25, 0.3) is 0 Å². The van der Waals surface area contributed by atoms with E-state index in [-0.39, 0.29) is 23.8 Å². The van der Waals surface area contributed by atoms with Crippen molar-refractivity contribution in [1.29, 1.82) is 0 Å². The number of nitrogens with zero attached hydrogens (tertiary/aromatic N) is 1. The van der Waals surface area contributed by atoms with E-state index >= 15 is 0 Å². The number of carboxylic acids is 1. The molecule has 0 spiro atoms. The first-order valence-corrected chi connectivity index (χ1v) is 10.7. The second-order valence-corrected chi connectivity index (χ2v) is 8.69. The van der Waals surface area contributed by atoms with Gasteiger partial charge in [0.2, 0.25) is 5.91 Å². The van der Waals surface area contributed by atoms with Gasteiger partial charge in [-0.2, -0.15) is 0 Å². The van der Waals surface area contributed by atoms with E-state index in [1.165, 1.54) is 5.56 Å². The largest absolute Gasteiger partial charge is 0.480 e. The van der Waals surface area contributed by atoms with Crippen LogP contribution in [0.2, 0.25) is 0 Å². The number of rotatable bonds is 8. The van der Waals surface area contributed by atoms with E-state index in [4.69, 9.17) is 5.11 Å². The first kappa shape index (κ1) is 22.0. The van der Waals surface area contributed by atoms with Gasteiger partial charge < -0.3 is 15.3 Å². The molecule has 30 heavy (non-hydrogen) atoms. The molecule has 0 aliphatic carbocycles. The predicted octanol–water partition coefficient (Wildman–Crippen LogP) is 3.35. The number of carboxylic acid groups (broad SMARTS) is 1. The number of piperidine rings is 1. The van der Waals surface area contributed by atoms with E-state index < -0.39 is 5.97 Å². The van der Waals surface area contributed by atoms with Crippen molar-refractivity contribution in [2.75, 3.05) is 26.2 Å². The summed E-state index contributed by atoms with van der Waals surface area (Å²) >= 11 is 0. The van der Waals surface area contributed by atoms with Crippen LogP contribution in [-0.4, -0.2) is 48.1 Å². The van der Waals surface area contributed by atoms with Crippen LogP contribution in [0, 0.1) is 11.8 Å². The maximum absolute atomic E-state index is 12.8. The SMILES string of the molecule is C[C@H]1CN(C[C@H](Cc2ccccc2)C(=O)NCC(=O)O)CCC1(C)c1ccccc1. The van der Waals surface area contributed by atoms with Gasteiger partial charge in [0.15, 0.2) is 0 Å².